The second-order valence-corrected chi connectivity index (χ2v) is 5.68. The molecule has 0 aromatic heterocycles. The molecule has 2 aromatic rings. The number of phenolic OH excluding ortho intramolecular Hbond substituents is 1. The number of anilines is 1. The predicted octanol–water partition coefficient (Wildman–Crippen LogP) is 3.34. The summed E-state index contributed by atoms with van der Waals surface area (Å²) in [4.78, 5) is 12.4. The van der Waals surface area contributed by atoms with Crippen LogP contribution in [0.1, 0.15) is 16.7 Å². The van der Waals surface area contributed by atoms with Crippen molar-refractivity contribution in [2.45, 2.75) is 20.3 Å². The summed E-state index contributed by atoms with van der Waals surface area (Å²) in [6.45, 7) is 3.96. The molecule has 2 aromatic carbocycles. The van der Waals surface area contributed by atoms with Gasteiger partial charge in [0.25, 0.3) is 0 Å². The number of aromatic hydroxyl groups is 1. The molecule has 0 aliphatic carbocycles. The molecule has 24 heavy (non-hydrogen) atoms. The third-order valence-electron chi connectivity index (χ3n) is 3.93. The van der Waals surface area contributed by atoms with Crippen molar-refractivity contribution in [1.29, 1.82) is 5.26 Å². The lowest BCUT2D eigenvalue weighted by atomic mass is 9.99. The molecule has 0 saturated carbocycles. The summed E-state index contributed by atoms with van der Waals surface area (Å²) >= 11 is 0. The minimum absolute atomic E-state index is 0.0225. The molecule has 2 N–H and O–H groups in total. The Morgan fingerprint density at radius 3 is 2.62 bits per heavy atom. The predicted molar refractivity (Wildman–Crippen MR) is 92.0 cm³/mol. The summed E-state index contributed by atoms with van der Waals surface area (Å²) in [7, 11) is 1.45. The third-order valence-corrected chi connectivity index (χ3v) is 3.93. The van der Waals surface area contributed by atoms with Crippen LogP contribution in [0.25, 0.3) is 0 Å². The number of nitriles is 1. The van der Waals surface area contributed by atoms with Crippen LogP contribution >= 0.6 is 0 Å². The molecule has 0 fully saturated rings. The highest BCUT2D eigenvalue weighted by Crippen LogP contribution is 2.27. The van der Waals surface area contributed by atoms with Crippen LogP contribution in [0.2, 0.25) is 0 Å². The first kappa shape index (κ1) is 17.4. The number of aryl methyl sites for hydroxylation is 2. The fourth-order valence-electron chi connectivity index (χ4n) is 2.33. The topological polar surface area (TPSA) is 82.3 Å². The van der Waals surface area contributed by atoms with Crippen LogP contribution in [0.3, 0.4) is 0 Å². The zero-order valence-electron chi connectivity index (χ0n) is 14.0. The van der Waals surface area contributed by atoms with Gasteiger partial charge in [-0.05, 0) is 61.2 Å². The van der Waals surface area contributed by atoms with E-state index in [0.717, 1.165) is 16.7 Å². The average Bonchev–Trinajstić information content (AvgIpc) is 2.57. The van der Waals surface area contributed by atoms with E-state index in [1.54, 1.807) is 12.1 Å². The Morgan fingerprint density at radius 2 is 2.00 bits per heavy atom. The number of phenols is 1. The number of amides is 1. The summed E-state index contributed by atoms with van der Waals surface area (Å²) in [5.74, 6) is -0.846. The molecule has 0 heterocycles. The number of methoxy groups -OCH3 is 1. The molecule has 0 bridgehead atoms. The smallest absolute Gasteiger partial charge is 0.242 e. The molecule has 0 aliphatic rings. The molecule has 2 rings (SSSR count). The zero-order chi connectivity index (χ0) is 17.7. The van der Waals surface area contributed by atoms with Gasteiger partial charge < -0.3 is 15.2 Å². The van der Waals surface area contributed by atoms with Gasteiger partial charge in [-0.15, -0.1) is 0 Å². The Hall–Kier alpha value is -3.00. The first-order valence-electron chi connectivity index (χ1n) is 7.58. The van der Waals surface area contributed by atoms with Gasteiger partial charge in [-0.2, -0.15) is 5.26 Å². The van der Waals surface area contributed by atoms with E-state index in [2.05, 4.69) is 5.32 Å². The largest absolute Gasteiger partial charge is 0.504 e. The van der Waals surface area contributed by atoms with Gasteiger partial charge in [0.15, 0.2) is 11.5 Å². The number of nitrogens with one attached hydrogen (secondary N) is 1. The second-order valence-electron chi connectivity index (χ2n) is 5.68. The van der Waals surface area contributed by atoms with Crippen LogP contribution in [0.15, 0.2) is 36.4 Å². The second kappa shape index (κ2) is 7.51. The van der Waals surface area contributed by atoms with Crippen molar-refractivity contribution in [3.05, 3.63) is 53.1 Å². The number of rotatable bonds is 5. The van der Waals surface area contributed by atoms with Crippen molar-refractivity contribution in [3.63, 3.8) is 0 Å². The van der Waals surface area contributed by atoms with E-state index in [1.165, 1.54) is 13.2 Å². The van der Waals surface area contributed by atoms with Crippen molar-refractivity contribution in [1.82, 2.24) is 0 Å². The molecule has 1 amide bonds. The van der Waals surface area contributed by atoms with Crippen molar-refractivity contribution >= 4 is 11.6 Å². The van der Waals surface area contributed by atoms with Crippen molar-refractivity contribution < 1.29 is 14.6 Å². The maximum absolute atomic E-state index is 12.4. The number of ether oxygens (including phenoxy) is 1. The van der Waals surface area contributed by atoms with Crippen LogP contribution in [0.5, 0.6) is 11.5 Å². The van der Waals surface area contributed by atoms with Crippen molar-refractivity contribution in [3.8, 4) is 17.6 Å². The highest BCUT2D eigenvalue weighted by Gasteiger charge is 2.19. The molecular formula is C19H20N2O3. The molecule has 0 spiro atoms. The Kier molecular flexibility index (Phi) is 5.43. The SMILES string of the molecule is COc1cc(CC(C#N)C(=O)Nc2ccc(C)c(C)c2)ccc1O. The van der Waals surface area contributed by atoms with Gasteiger partial charge in [-0.3, -0.25) is 4.79 Å². The van der Waals surface area contributed by atoms with Crippen LogP contribution in [-0.2, 0) is 11.2 Å². The Morgan fingerprint density at radius 1 is 1.25 bits per heavy atom. The number of carbonyl (C=O) groups excluding carboxylic acids is 1. The monoisotopic (exact) mass is 324 g/mol. The van der Waals surface area contributed by atoms with Crippen LogP contribution in [-0.4, -0.2) is 18.1 Å². The lowest BCUT2D eigenvalue weighted by Gasteiger charge is -2.12. The van der Waals surface area contributed by atoms with E-state index in [4.69, 9.17) is 4.74 Å². The van der Waals surface area contributed by atoms with E-state index in [-0.39, 0.29) is 18.1 Å². The van der Waals surface area contributed by atoms with Crippen LogP contribution < -0.4 is 10.1 Å². The normalized spacial score (nSPS) is 11.4. The van der Waals surface area contributed by atoms with E-state index < -0.39 is 5.92 Å². The standard InChI is InChI=1S/C19H20N2O3/c1-12-4-6-16(8-13(12)2)21-19(23)15(11-20)9-14-5-7-17(22)18(10-14)24-3/h4-8,10,15,22H,9H2,1-3H3,(H,21,23). The molecular weight excluding hydrogens is 304 g/mol. The molecule has 5 heteroatoms. The molecule has 1 unspecified atom stereocenters. The highest BCUT2D eigenvalue weighted by atomic mass is 16.5. The lowest BCUT2D eigenvalue weighted by Crippen LogP contribution is -2.23. The summed E-state index contributed by atoms with van der Waals surface area (Å²) < 4.78 is 5.05. The zero-order valence-corrected chi connectivity index (χ0v) is 14.0. The molecule has 0 aliphatic heterocycles. The third kappa shape index (κ3) is 4.05. The number of benzene rings is 2. The highest BCUT2D eigenvalue weighted by molar-refractivity contribution is 5.94. The Labute approximate surface area is 141 Å². The minimum atomic E-state index is -0.833. The van der Waals surface area contributed by atoms with E-state index in [1.807, 2.05) is 38.1 Å². The lowest BCUT2D eigenvalue weighted by molar-refractivity contribution is -0.118. The first-order valence-corrected chi connectivity index (χ1v) is 7.58. The van der Waals surface area contributed by atoms with E-state index in [0.29, 0.717) is 11.4 Å². The van der Waals surface area contributed by atoms with Gasteiger partial charge in [0.2, 0.25) is 5.91 Å². The van der Waals surface area contributed by atoms with Gasteiger partial charge in [0.05, 0.1) is 13.2 Å². The van der Waals surface area contributed by atoms with E-state index >= 15 is 0 Å². The Balaban J connectivity index is 2.11. The molecule has 0 radical (unpaired) electrons. The molecule has 124 valence electrons. The summed E-state index contributed by atoms with van der Waals surface area (Å²) in [6.07, 6.45) is 0.240. The fourth-order valence-corrected chi connectivity index (χ4v) is 2.33. The van der Waals surface area contributed by atoms with E-state index in [9.17, 15) is 15.2 Å². The summed E-state index contributed by atoms with van der Waals surface area (Å²) in [6, 6.07) is 12.4. The molecule has 5 nitrogen and oxygen atoms in total. The fraction of sp³-hybridized carbons (Fsp3) is 0.263. The van der Waals surface area contributed by atoms with Crippen LogP contribution in [0, 0.1) is 31.1 Å². The van der Waals surface area contributed by atoms with Gasteiger partial charge >= 0.3 is 0 Å². The number of hydrogen-bond acceptors (Lipinski definition) is 4. The maximum atomic E-state index is 12.4. The van der Waals surface area contributed by atoms with Gasteiger partial charge in [0, 0.05) is 5.69 Å². The van der Waals surface area contributed by atoms with Gasteiger partial charge in [-0.25, -0.2) is 0 Å². The minimum Gasteiger partial charge on any atom is -0.504 e. The van der Waals surface area contributed by atoms with Crippen LogP contribution in [0.4, 0.5) is 5.69 Å². The number of carbonyl (C=O) groups is 1. The van der Waals surface area contributed by atoms with Crippen molar-refractivity contribution in [2.24, 2.45) is 5.92 Å². The maximum Gasteiger partial charge on any atom is 0.242 e. The Bertz CT molecular complexity index is 794. The van der Waals surface area contributed by atoms with Gasteiger partial charge in [0.1, 0.15) is 5.92 Å². The van der Waals surface area contributed by atoms with Crippen molar-refractivity contribution in [2.75, 3.05) is 12.4 Å². The first-order chi connectivity index (χ1) is 11.4. The number of hydrogen-bond donors (Lipinski definition) is 2. The summed E-state index contributed by atoms with van der Waals surface area (Å²) in [5.41, 5.74) is 3.63. The average molecular weight is 324 g/mol. The summed E-state index contributed by atoms with van der Waals surface area (Å²) in [5, 5.41) is 21.7. The number of nitrogens with zero attached hydrogens (tertiary/aromatic N) is 1. The van der Waals surface area contributed by atoms with Gasteiger partial charge in [-0.1, -0.05) is 12.1 Å². The molecule has 1 atom stereocenters. The quantitative estimate of drug-likeness (QED) is 0.883. The molecule has 0 saturated heterocycles.